The number of pyridine rings is 1. The summed E-state index contributed by atoms with van der Waals surface area (Å²) in [5.74, 6) is 0.0274. The first-order valence-electron chi connectivity index (χ1n) is 6.05. The lowest BCUT2D eigenvalue weighted by Gasteiger charge is -2.18. The maximum Gasteiger partial charge on any atom is 0.228 e. The Balaban J connectivity index is 2.37. The molecule has 18 heavy (non-hydrogen) atoms. The molecule has 0 fully saturated rings. The highest BCUT2D eigenvalue weighted by atomic mass is 16.5. The Labute approximate surface area is 108 Å². The highest BCUT2D eigenvalue weighted by Crippen LogP contribution is 2.03. The van der Waals surface area contributed by atoms with Gasteiger partial charge in [0.05, 0.1) is 31.0 Å². The van der Waals surface area contributed by atoms with Gasteiger partial charge in [-0.25, -0.2) is 0 Å². The predicted molar refractivity (Wildman–Crippen MR) is 71.1 cm³/mol. The lowest BCUT2D eigenvalue weighted by molar-refractivity contribution is -0.130. The number of ether oxygens (including phenoxy) is 1. The summed E-state index contributed by atoms with van der Waals surface area (Å²) in [7, 11) is 1.77. The second kappa shape index (κ2) is 6.96. The van der Waals surface area contributed by atoms with Crippen LogP contribution in [-0.2, 0) is 16.0 Å². The van der Waals surface area contributed by atoms with E-state index < -0.39 is 0 Å². The monoisotopic (exact) mass is 251 g/mol. The third kappa shape index (κ3) is 5.14. The first kappa shape index (κ1) is 14.4. The van der Waals surface area contributed by atoms with Crippen LogP contribution in [0.2, 0.25) is 0 Å². The summed E-state index contributed by atoms with van der Waals surface area (Å²) in [6, 6.07) is 3.52. The average molecular weight is 251 g/mol. The van der Waals surface area contributed by atoms with Crippen LogP contribution in [0.5, 0.6) is 0 Å². The zero-order valence-electron chi connectivity index (χ0n) is 11.2. The van der Waals surface area contributed by atoms with Crippen molar-refractivity contribution in [1.82, 2.24) is 9.88 Å². The van der Waals surface area contributed by atoms with E-state index in [-0.39, 0.29) is 12.0 Å². The molecular weight excluding hydrogens is 230 g/mol. The van der Waals surface area contributed by atoms with Gasteiger partial charge in [0.2, 0.25) is 5.91 Å². The van der Waals surface area contributed by atoms with E-state index in [4.69, 9.17) is 10.5 Å². The summed E-state index contributed by atoms with van der Waals surface area (Å²) >= 11 is 0. The van der Waals surface area contributed by atoms with E-state index in [0.29, 0.717) is 25.3 Å². The summed E-state index contributed by atoms with van der Waals surface area (Å²) in [4.78, 5) is 17.6. The predicted octanol–water partition coefficient (Wildman–Crippen LogP) is 1.09. The molecule has 0 saturated carbocycles. The fourth-order valence-corrected chi connectivity index (χ4v) is 1.38. The van der Waals surface area contributed by atoms with Crippen LogP contribution in [-0.4, -0.2) is 42.1 Å². The fourth-order valence-electron chi connectivity index (χ4n) is 1.38. The van der Waals surface area contributed by atoms with Gasteiger partial charge in [-0.15, -0.1) is 0 Å². The lowest BCUT2D eigenvalue weighted by atomic mass is 10.2. The van der Waals surface area contributed by atoms with Crippen molar-refractivity contribution in [3.63, 3.8) is 0 Å². The molecule has 0 aliphatic carbocycles. The van der Waals surface area contributed by atoms with Crippen molar-refractivity contribution in [2.45, 2.75) is 26.4 Å². The number of anilines is 1. The SMILES string of the molecule is CC(C)OCCN(C)C(=O)Cc1ccc(N)cn1. The van der Waals surface area contributed by atoms with Crippen molar-refractivity contribution in [1.29, 1.82) is 0 Å². The third-order valence-corrected chi connectivity index (χ3v) is 2.48. The van der Waals surface area contributed by atoms with E-state index in [1.165, 1.54) is 0 Å². The topological polar surface area (TPSA) is 68.5 Å². The molecule has 0 radical (unpaired) electrons. The summed E-state index contributed by atoms with van der Waals surface area (Å²) in [5.41, 5.74) is 6.87. The number of nitrogen functional groups attached to an aromatic ring is 1. The van der Waals surface area contributed by atoms with Gasteiger partial charge < -0.3 is 15.4 Å². The number of nitrogens with two attached hydrogens (primary N) is 1. The van der Waals surface area contributed by atoms with Gasteiger partial charge >= 0.3 is 0 Å². The van der Waals surface area contributed by atoms with Gasteiger partial charge in [-0.05, 0) is 26.0 Å². The molecule has 0 unspecified atom stereocenters. The zero-order chi connectivity index (χ0) is 13.5. The Morgan fingerprint density at radius 3 is 2.78 bits per heavy atom. The Morgan fingerprint density at radius 1 is 1.50 bits per heavy atom. The number of hydrogen-bond acceptors (Lipinski definition) is 4. The Hall–Kier alpha value is -1.62. The Bertz CT molecular complexity index is 376. The number of nitrogens with zero attached hydrogens (tertiary/aromatic N) is 2. The number of likely N-dealkylation sites (N-methyl/N-ethyl adjacent to an activating group) is 1. The number of carbonyl (C=O) groups is 1. The van der Waals surface area contributed by atoms with Crippen LogP contribution in [0.1, 0.15) is 19.5 Å². The molecule has 5 heteroatoms. The number of hydrogen-bond donors (Lipinski definition) is 1. The molecule has 0 aliphatic rings. The molecule has 1 rings (SSSR count). The number of aromatic nitrogens is 1. The molecule has 100 valence electrons. The van der Waals surface area contributed by atoms with Crippen molar-refractivity contribution >= 4 is 11.6 Å². The van der Waals surface area contributed by atoms with E-state index in [1.54, 1.807) is 30.3 Å². The maximum atomic E-state index is 11.9. The fraction of sp³-hybridized carbons (Fsp3) is 0.538. The van der Waals surface area contributed by atoms with E-state index >= 15 is 0 Å². The van der Waals surface area contributed by atoms with Crippen LogP contribution in [0.4, 0.5) is 5.69 Å². The van der Waals surface area contributed by atoms with E-state index in [1.807, 2.05) is 13.8 Å². The maximum absolute atomic E-state index is 11.9. The van der Waals surface area contributed by atoms with Gasteiger partial charge in [0.1, 0.15) is 0 Å². The highest BCUT2D eigenvalue weighted by Gasteiger charge is 2.10. The number of carbonyl (C=O) groups excluding carboxylic acids is 1. The first-order valence-corrected chi connectivity index (χ1v) is 6.05. The summed E-state index contributed by atoms with van der Waals surface area (Å²) in [6.07, 6.45) is 2.04. The van der Waals surface area contributed by atoms with Gasteiger partial charge in [-0.3, -0.25) is 9.78 Å². The molecule has 2 N–H and O–H groups in total. The third-order valence-electron chi connectivity index (χ3n) is 2.48. The van der Waals surface area contributed by atoms with E-state index in [2.05, 4.69) is 4.98 Å². The minimum Gasteiger partial charge on any atom is -0.397 e. The molecular formula is C13H21N3O2. The molecule has 0 aliphatic heterocycles. The van der Waals surface area contributed by atoms with Gasteiger partial charge in [0, 0.05) is 19.3 Å². The van der Waals surface area contributed by atoms with Crippen molar-refractivity contribution in [2.75, 3.05) is 25.9 Å². The molecule has 0 atom stereocenters. The van der Waals surface area contributed by atoms with Gasteiger partial charge in [-0.1, -0.05) is 0 Å². The number of amides is 1. The van der Waals surface area contributed by atoms with Gasteiger partial charge in [0.25, 0.3) is 0 Å². The van der Waals surface area contributed by atoms with Crippen LogP contribution in [0, 0.1) is 0 Å². The first-order chi connectivity index (χ1) is 8.49. The van der Waals surface area contributed by atoms with E-state index in [0.717, 1.165) is 5.69 Å². The molecule has 1 heterocycles. The Kier molecular flexibility index (Phi) is 5.58. The van der Waals surface area contributed by atoms with Crippen molar-refractivity contribution in [3.8, 4) is 0 Å². The molecule has 0 aromatic carbocycles. The minimum atomic E-state index is 0.0274. The normalized spacial score (nSPS) is 10.7. The number of rotatable bonds is 6. The molecule has 1 aromatic heterocycles. The van der Waals surface area contributed by atoms with Crippen LogP contribution < -0.4 is 5.73 Å². The minimum absolute atomic E-state index is 0.0274. The molecule has 0 saturated heterocycles. The lowest BCUT2D eigenvalue weighted by Crippen LogP contribution is -2.32. The van der Waals surface area contributed by atoms with Crippen LogP contribution in [0.15, 0.2) is 18.3 Å². The molecule has 1 aromatic rings. The average Bonchev–Trinajstić information content (AvgIpc) is 2.31. The van der Waals surface area contributed by atoms with Crippen LogP contribution in [0.3, 0.4) is 0 Å². The van der Waals surface area contributed by atoms with Crippen molar-refractivity contribution in [3.05, 3.63) is 24.0 Å². The van der Waals surface area contributed by atoms with Crippen molar-refractivity contribution in [2.24, 2.45) is 0 Å². The summed E-state index contributed by atoms with van der Waals surface area (Å²) in [6.45, 7) is 5.08. The van der Waals surface area contributed by atoms with Crippen molar-refractivity contribution < 1.29 is 9.53 Å². The molecule has 1 amide bonds. The van der Waals surface area contributed by atoms with Gasteiger partial charge in [0.15, 0.2) is 0 Å². The Morgan fingerprint density at radius 2 is 2.22 bits per heavy atom. The quantitative estimate of drug-likeness (QED) is 0.821. The largest absolute Gasteiger partial charge is 0.397 e. The van der Waals surface area contributed by atoms with Crippen LogP contribution >= 0.6 is 0 Å². The summed E-state index contributed by atoms with van der Waals surface area (Å²) in [5, 5.41) is 0. The second-order valence-corrected chi connectivity index (χ2v) is 4.49. The molecule has 0 spiro atoms. The second-order valence-electron chi connectivity index (χ2n) is 4.49. The van der Waals surface area contributed by atoms with E-state index in [9.17, 15) is 4.79 Å². The zero-order valence-corrected chi connectivity index (χ0v) is 11.2. The van der Waals surface area contributed by atoms with Gasteiger partial charge in [-0.2, -0.15) is 0 Å². The smallest absolute Gasteiger partial charge is 0.228 e. The molecule has 5 nitrogen and oxygen atoms in total. The summed E-state index contributed by atoms with van der Waals surface area (Å²) < 4.78 is 5.40. The standard InChI is InChI=1S/C13H21N3O2/c1-10(2)18-7-6-16(3)13(17)8-12-5-4-11(14)9-15-12/h4-5,9-10H,6-8,14H2,1-3H3. The van der Waals surface area contributed by atoms with Crippen LogP contribution in [0.25, 0.3) is 0 Å². The molecule has 0 bridgehead atoms. The highest BCUT2D eigenvalue weighted by molar-refractivity contribution is 5.78.